The van der Waals surface area contributed by atoms with Gasteiger partial charge in [-0.2, -0.15) is 4.31 Å². The maximum absolute atomic E-state index is 12.8. The van der Waals surface area contributed by atoms with Gasteiger partial charge in [-0.1, -0.05) is 6.07 Å². The number of carbonyl (C=O) groups is 1. The van der Waals surface area contributed by atoms with Crippen molar-refractivity contribution in [3.63, 3.8) is 0 Å². The predicted octanol–water partition coefficient (Wildman–Crippen LogP) is 1.25. The molecule has 0 atom stereocenters. The maximum atomic E-state index is 12.8. The van der Waals surface area contributed by atoms with Crippen LogP contribution in [0.1, 0.15) is 30.1 Å². The molecule has 9 heteroatoms. The van der Waals surface area contributed by atoms with Crippen molar-refractivity contribution in [2.75, 3.05) is 45.9 Å². The van der Waals surface area contributed by atoms with E-state index in [4.69, 9.17) is 4.74 Å². The lowest BCUT2D eigenvalue weighted by Crippen LogP contribution is -2.34. The lowest BCUT2D eigenvalue weighted by atomic mass is 10.2. The summed E-state index contributed by atoms with van der Waals surface area (Å²) in [5, 5.41) is 5.98. The second-order valence-electron chi connectivity index (χ2n) is 5.84. The second kappa shape index (κ2) is 11.5. The van der Waals surface area contributed by atoms with Crippen LogP contribution in [-0.2, 0) is 14.8 Å². The van der Waals surface area contributed by atoms with Gasteiger partial charge in [0.2, 0.25) is 10.0 Å². The van der Waals surface area contributed by atoms with Crippen molar-refractivity contribution in [2.45, 2.75) is 24.7 Å². The lowest BCUT2D eigenvalue weighted by molar-refractivity contribution is 0.0944. The van der Waals surface area contributed by atoms with E-state index < -0.39 is 10.0 Å². The van der Waals surface area contributed by atoms with E-state index in [2.05, 4.69) is 10.6 Å². The number of rotatable bonds is 8. The summed E-state index contributed by atoms with van der Waals surface area (Å²) in [6.07, 6.45) is 1.50. The first-order chi connectivity index (χ1) is 12.1. The molecular weight excluding hydrogens is 378 g/mol. The van der Waals surface area contributed by atoms with Crippen molar-refractivity contribution >= 4 is 28.3 Å². The van der Waals surface area contributed by atoms with E-state index in [9.17, 15) is 13.2 Å². The Morgan fingerprint density at radius 3 is 2.88 bits per heavy atom. The Balaban J connectivity index is 0.00000338. The summed E-state index contributed by atoms with van der Waals surface area (Å²) in [5.74, 6) is -0.272. The summed E-state index contributed by atoms with van der Waals surface area (Å²) in [7, 11) is -3.58. The number of hydrogen-bond donors (Lipinski definition) is 2. The number of benzene rings is 1. The molecule has 7 nitrogen and oxygen atoms in total. The average Bonchev–Trinajstić information content (AvgIpc) is 2.91. The first-order valence-electron chi connectivity index (χ1n) is 8.72. The quantitative estimate of drug-likeness (QED) is 0.635. The molecule has 0 radical (unpaired) electrons. The molecule has 1 heterocycles. The van der Waals surface area contributed by atoms with Crippen LogP contribution < -0.4 is 10.6 Å². The van der Waals surface area contributed by atoms with Crippen molar-refractivity contribution in [1.82, 2.24) is 14.9 Å². The molecule has 0 aliphatic carbocycles. The topological polar surface area (TPSA) is 87.7 Å². The molecule has 148 valence electrons. The molecule has 0 saturated carbocycles. The Hall–Kier alpha value is -1.19. The van der Waals surface area contributed by atoms with Gasteiger partial charge in [0.15, 0.2) is 0 Å². The molecule has 0 aromatic heterocycles. The number of hydrogen-bond acceptors (Lipinski definition) is 5. The van der Waals surface area contributed by atoms with Gasteiger partial charge in [-0.3, -0.25) is 4.79 Å². The molecule has 1 fully saturated rings. The van der Waals surface area contributed by atoms with E-state index in [-0.39, 0.29) is 23.2 Å². The largest absolute Gasteiger partial charge is 0.382 e. The van der Waals surface area contributed by atoms with E-state index in [0.29, 0.717) is 45.0 Å². The standard InChI is InChI=1S/C17H27N3O4S.ClH/c1-2-24-13-5-9-19-17(21)15-6-3-7-16(14-15)25(22,23)20-11-4-8-18-10-12-20;/h3,6-7,14,18H,2,4-5,8-13H2,1H3,(H,19,21);1H. The van der Waals surface area contributed by atoms with Gasteiger partial charge >= 0.3 is 0 Å². The zero-order valence-corrected chi connectivity index (χ0v) is 16.7. The third-order valence-electron chi connectivity index (χ3n) is 3.99. The monoisotopic (exact) mass is 405 g/mol. The van der Waals surface area contributed by atoms with Gasteiger partial charge in [0, 0.05) is 45.0 Å². The number of carbonyl (C=O) groups excluding carboxylic acids is 1. The van der Waals surface area contributed by atoms with Crippen LogP contribution >= 0.6 is 12.4 Å². The fourth-order valence-electron chi connectivity index (χ4n) is 2.63. The maximum Gasteiger partial charge on any atom is 0.251 e. The highest BCUT2D eigenvalue weighted by molar-refractivity contribution is 7.89. The molecule has 2 N–H and O–H groups in total. The minimum Gasteiger partial charge on any atom is -0.382 e. The zero-order valence-electron chi connectivity index (χ0n) is 15.1. The molecule has 0 bridgehead atoms. The van der Waals surface area contributed by atoms with Gasteiger partial charge in [-0.15, -0.1) is 12.4 Å². The molecule has 1 aliphatic rings. The minimum absolute atomic E-state index is 0. The lowest BCUT2D eigenvalue weighted by Gasteiger charge is -2.20. The smallest absolute Gasteiger partial charge is 0.251 e. The highest BCUT2D eigenvalue weighted by atomic mass is 35.5. The van der Waals surface area contributed by atoms with E-state index in [1.807, 2.05) is 6.92 Å². The van der Waals surface area contributed by atoms with Crippen molar-refractivity contribution in [1.29, 1.82) is 0 Å². The molecule has 0 spiro atoms. The van der Waals surface area contributed by atoms with E-state index in [1.165, 1.54) is 10.4 Å². The number of sulfonamides is 1. The average molecular weight is 406 g/mol. The van der Waals surface area contributed by atoms with Crippen LogP contribution in [0, 0.1) is 0 Å². The van der Waals surface area contributed by atoms with Crippen molar-refractivity contribution < 1.29 is 17.9 Å². The highest BCUT2D eigenvalue weighted by Crippen LogP contribution is 2.18. The summed E-state index contributed by atoms with van der Waals surface area (Å²) in [5.41, 5.74) is 0.352. The van der Waals surface area contributed by atoms with E-state index in [0.717, 1.165) is 19.4 Å². The molecule has 1 aromatic carbocycles. The summed E-state index contributed by atoms with van der Waals surface area (Å²) in [6, 6.07) is 6.23. The van der Waals surface area contributed by atoms with Crippen molar-refractivity contribution in [2.24, 2.45) is 0 Å². The second-order valence-corrected chi connectivity index (χ2v) is 7.78. The molecule has 26 heavy (non-hydrogen) atoms. The van der Waals surface area contributed by atoms with Gasteiger partial charge < -0.3 is 15.4 Å². The number of amides is 1. The van der Waals surface area contributed by atoms with Crippen LogP contribution in [0.4, 0.5) is 0 Å². The van der Waals surface area contributed by atoms with Crippen LogP contribution in [0.3, 0.4) is 0 Å². The summed E-state index contributed by atoms with van der Waals surface area (Å²) >= 11 is 0. The SMILES string of the molecule is CCOCCCNC(=O)c1cccc(S(=O)(=O)N2CCCNCC2)c1.Cl. The van der Waals surface area contributed by atoms with Crippen LogP contribution in [0.2, 0.25) is 0 Å². The zero-order chi connectivity index (χ0) is 18.1. The summed E-state index contributed by atoms with van der Waals surface area (Å²) in [6.45, 7) is 6.04. The van der Waals surface area contributed by atoms with Crippen LogP contribution in [0.25, 0.3) is 0 Å². The minimum atomic E-state index is -3.58. The first-order valence-corrected chi connectivity index (χ1v) is 10.2. The number of nitrogens with one attached hydrogen (secondary N) is 2. The molecule has 1 aromatic rings. The van der Waals surface area contributed by atoms with Gasteiger partial charge in [0.05, 0.1) is 4.90 Å². The third kappa shape index (κ3) is 6.51. The summed E-state index contributed by atoms with van der Waals surface area (Å²) < 4.78 is 32.3. The fourth-order valence-corrected chi connectivity index (χ4v) is 4.16. The normalized spacial score (nSPS) is 15.7. The summed E-state index contributed by atoms with van der Waals surface area (Å²) in [4.78, 5) is 12.4. The van der Waals surface area contributed by atoms with Crippen LogP contribution in [0.5, 0.6) is 0 Å². The Kier molecular flexibility index (Phi) is 10.1. The number of nitrogens with zero attached hydrogens (tertiary/aromatic N) is 1. The van der Waals surface area contributed by atoms with E-state index >= 15 is 0 Å². The molecule has 2 rings (SSSR count). The Morgan fingerprint density at radius 1 is 1.31 bits per heavy atom. The number of ether oxygens (including phenoxy) is 1. The third-order valence-corrected chi connectivity index (χ3v) is 5.88. The molecule has 1 aliphatic heterocycles. The van der Waals surface area contributed by atoms with Gasteiger partial charge in [0.25, 0.3) is 5.91 Å². The van der Waals surface area contributed by atoms with Crippen LogP contribution in [-0.4, -0.2) is 64.6 Å². The molecule has 0 unspecified atom stereocenters. The fraction of sp³-hybridized carbons (Fsp3) is 0.588. The Labute approximate surface area is 161 Å². The number of halogens is 1. The van der Waals surface area contributed by atoms with Crippen LogP contribution in [0.15, 0.2) is 29.2 Å². The predicted molar refractivity (Wildman–Crippen MR) is 103 cm³/mol. The van der Waals surface area contributed by atoms with Gasteiger partial charge in [0.1, 0.15) is 0 Å². The molecular formula is C17H28ClN3O4S. The van der Waals surface area contributed by atoms with Gasteiger partial charge in [-0.25, -0.2) is 8.42 Å². The van der Waals surface area contributed by atoms with E-state index in [1.54, 1.807) is 18.2 Å². The first kappa shape index (κ1) is 22.9. The highest BCUT2D eigenvalue weighted by Gasteiger charge is 2.25. The van der Waals surface area contributed by atoms with Gasteiger partial charge in [-0.05, 0) is 44.5 Å². The molecule has 1 saturated heterocycles. The van der Waals surface area contributed by atoms with Crippen molar-refractivity contribution in [3.05, 3.63) is 29.8 Å². The Bertz CT molecular complexity index is 662. The Morgan fingerprint density at radius 2 is 2.12 bits per heavy atom. The van der Waals surface area contributed by atoms with Crippen molar-refractivity contribution in [3.8, 4) is 0 Å². The molecule has 1 amide bonds.